The lowest BCUT2D eigenvalue weighted by atomic mass is 10.2. The van der Waals surface area contributed by atoms with Crippen molar-refractivity contribution >= 4 is 23.4 Å². The van der Waals surface area contributed by atoms with Crippen LogP contribution in [0, 0.1) is 0 Å². The van der Waals surface area contributed by atoms with Gasteiger partial charge in [0, 0.05) is 25.1 Å². The molecule has 0 aliphatic rings. The average molecular weight is 399 g/mol. The number of pyridine rings is 1. The highest BCUT2D eigenvalue weighted by molar-refractivity contribution is 7.99. The third-order valence-electron chi connectivity index (χ3n) is 3.89. The second kappa shape index (κ2) is 9.86. The number of carbonyl (C=O) groups is 1. The Labute approximate surface area is 167 Å². The Hall–Kier alpha value is -2.91. The summed E-state index contributed by atoms with van der Waals surface area (Å²) in [5.74, 6) is 1.37. The van der Waals surface area contributed by atoms with E-state index in [4.69, 9.17) is 9.47 Å². The van der Waals surface area contributed by atoms with E-state index in [0.29, 0.717) is 35.6 Å². The van der Waals surface area contributed by atoms with Gasteiger partial charge < -0.3 is 14.8 Å². The molecular formula is C19H21N5O3S. The van der Waals surface area contributed by atoms with Gasteiger partial charge in [0.25, 0.3) is 0 Å². The van der Waals surface area contributed by atoms with Gasteiger partial charge in [-0.2, -0.15) is 0 Å². The second-order valence-electron chi connectivity index (χ2n) is 5.72. The smallest absolute Gasteiger partial charge is 0.234 e. The summed E-state index contributed by atoms with van der Waals surface area (Å²) in [5, 5.41) is 12.0. The zero-order chi connectivity index (χ0) is 19.8. The van der Waals surface area contributed by atoms with Crippen molar-refractivity contribution in [3.05, 3.63) is 48.8 Å². The fourth-order valence-corrected chi connectivity index (χ4v) is 3.32. The number of para-hydroxylation sites is 2. The molecule has 9 heteroatoms. The van der Waals surface area contributed by atoms with Crippen LogP contribution in [-0.2, 0) is 16.1 Å². The molecule has 1 amide bonds. The minimum Gasteiger partial charge on any atom is -0.495 e. The molecule has 0 spiro atoms. The number of amides is 1. The fraction of sp³-hybridized carbons (Fsp3) is 0.263. The van der Waals surface area contributed by atoms with Gasteiger partial charge in [-0.15, -0.1) is 10.2 Å². The van der Waals surface area contributed by atoms with Gasteiger partial charge in [-0.25, -0.2) is 0 Å². The third-order valence-corrected chi connectivity index (χ3v) is 4.85. The zero-order valence-corrected chi connectivity index (χ0v) is 16.5. The lowest BCUT2D eigenvalue weighted by Crippen LogP contribution is -2.15. The quantitative estimate of drug-likeness (QED) is 0.553. The second-order valence-corrected chi connectivity index (χ2v) is 6.67. The van der Waals surface area contributed by atoms with Crippen LogP contribution in [0.25, 0.3) is 11.4 Å². The molecule has 3 rings (SSSR count). The van der Waals surface area contributed by atoms with E-state index in [2.05, 4.69) is 20.5 Å². The van der Waals surface area contributed by atoms with E-state index in [9.17, 15) is 4.79 Å². The lowest BCUT2D eigenvalue weighted by molar-refractivity contribution is -0.113. The van der Waals surface area contributed by atoms with Crippen molar-refractivity contribution in [2.75, 3.05) is 31.9 Å². The number of benzene rings is 1. The Bertz CT molecular complexity index is 917. The van der Waals surface area contributed by atoms with Gasteiger partial charge in [0.1, 0.15) is 5.75 Å². The van der Waals surface area contributed by atoms with Crippen molar-refractivity contribution in [3.8, 4) is 17.1 Å². The molecule has 2 aromatic heterocycles. The summed E-state index contributed by atoms with van der Waals surface area (Å²) in [4.78, 5) is 16.4. The van der Waals surface area contributed by atoms with Gasteiger partial charge in [-0.1, -0.05) is 23.9 Å². The number of hydrogen-bond donors (Lipinski definition) is 1. The molecule has 0 aliphatic carbocycles. The summed E-state index contributed by atoms with van der Waals surface area (Å²) in [6, 6.07) is 11.0. The maximum atomic E-state index is 12.4. The molecule has 0 fully saturated rings. The number of aromatic nitrogens is 4. The Morgan fingerprint density at radius 3 is 2.68 bits per heavy atom. The molecule has 1 aromatic carbocycles. The SMILES string of the molecule is COCCn1c(SCC(=O)Nc2ccccc2OC)nnc1-c1ccncc1. The van der Waals surface area contributed by atoms with Gasteiger partial charge in [-0.3, -0.25) is 14.3 Å². The molecule has 0 aliphatic heterocycles. The van der Waals surface area contributed by atoms with E-state index >= 15 is 0 Å². The molecule has 1 N–H and O–H groups in total. The van der Waals surface area contributed by atoms with Crippen LogP contribution in [0.1, 0.15) is 0 Å². The highest BCUT2D eigenvalue weighted by atomic mass is 32.2. The van der Waals surface area contributed by atoms with E-state index in [0.717, 1.165) is 5.56 Å². The van der Waals surface area contributed by atoms with Crippen molar-refractivity contribution in [1.82, 2.24) is 19.7 Å². The molecule has 28 heavy (non-hydrogen) atoms. The number of anilines is 1. The average Bonchev–Trinajstić information content (AvgIpc) is 3.14. The van der Waals surface area contributed by atoms with E-state index in [-0.39, 0.29) is 11.7 Å². The summed E-state index contributed by atoms with van der Waals surface area (Å²) in [6.07, 6.45) is 3.41. The van der Waals surface area contributed by atoms with Crippen LogP contribution in [0.2, 0.25) is 0 Å². The van der Waals surface area contributed by atoms with E-state index < -0.39 is 0 Å². The molecule has 0 saturated carbocycles. The molecule has 0 radical (unpaired) electrons. The van der Waals surface area contributed by atoms with Gasteiger partial charge in [0.2, 0.25) is 5.91 Å². The lowest BCUT2D eigenvalue weighted by Gasteiger charge is -2.11. The van der Waals surface area contributed by atoms with Crippen LogP contribution in [0.5, 0.6) is 5.75 Å². The fourth-order valence-electron chi connectivity index (χ4n) is 2.56. The maximum absolute atomic E-state index is 12.4. The van der Waals surface area contributed by atoms with Crippen LogP contribution >= 0.6 is 11.8 Å². The number of carbonyl (C=O) groups excluding carboxylic acids is 1. The van der Waals surface area contributed by atoms with Crippen molar-refractivity contribution in [2.45, 2.75) is 11.7 Å². The van der Waals surface area contributed by atoms with Gasteiger partial charge in [-0.05, 0) is 24.3 Å². The molecule has 3 aromatic rings. The number of nitrogens with zero attached hydrogens (tertiary/aromatic N) is 4. The Kier molecular flexibility index (Phi) is 6.99. The van der Waals surface area contributed by atoms with Crippen LogP contribution in [0.15, 0.2) is 53.9 Å². The summed E-state index contributed by atoms with van der Waals surface area (Å²) in [6.45, 7) is 1.09. The molecule has 0 unspecified atom stereocenters. The number of hydrogen-bond acceptors (Lipinski definition) is 7. The summed E-state index contributed by atoms with van der Waals surface area (Å²) in [5.41, 5.74) is 1.54. The Morgan fingerprint density at radius 1 is 1.14 bits per heavy atom. The zero-order valence-electron chi connectivity index (χ0n) is 15.7. The van der Waals surface area contributed by atoms with Gasteiger partial charge in [0.05, 0.1) is 31.7 Å². The monoisotopic (exact) mass is 399 g/mol. The minimum atomic E-state index is -0.152. The van der Waals surface area contributed by atoms with Gasteiger partial charge in [0.15, 0.2) is 11.0 Å². The first kappa shape index (κ1) is 19.8. The largest absolute Gasteiger partial charge is 0.495 e. The molecule has 0 bridgehead atoms. The first-order chi connectivity index (χ1) is 13.7. The van der Waals surface area contributed by atoms with Gasteiger partial charge >= 0.3 is 0 Å². The Balaban J connectivity index is 1.71. The predicted molar refractivity (Wildman–Crippen MR) is 107 cm³/mol. The first-order valence-electron chi connectivity index (χ1n) is 8.61. The molecular weight excluding hydrogens is 378 g/mol. The van der Waals surface area contributed by atoms with Crippen LogP contribution in [0.4, 0.5) is 5.69 Å². The topological polar surface area (TPSA) is 91.2 Å². The van der Waals surface area contributed by atoms with Crippen molar-refractivity contribution in [3.63, 3.8) is 0 Å². The molecule has 0 atom stereocenters. The van der Waals surface area contributed by atoms with Crippen molar-refractivity contribution in [2.24, 2.45) is 0 Å². The minimum absolute atomic E-state index is 0.152. The predicted octanol–water partition coefficient (Wildman–Crippen LogP) is 2.73. The first-order valence-corrected chi connectivity index (χ1v) is 9.59. The van der Waals surface area contributed by atoms with E-state index in [1.807, 2.05) is 28.8 Å². The molecule has 0 saturated heterocycles. The number of thioether (sulfide) groups is 1. The summed E-state index contributed by atoms with van der Waals surface area (Å²) >= 11 is 1.32. The summed E-state index contributed by atoms with van der Waals surface area (Å²) < 4.78 is 12.4. The normalized spacial score (nSPS) is 10.6. The summed E-state index contributed by atoms with van der Waals surface area (Å²) in [7, 11) is 3.21. The third kappa shape index (κ3) is 4.87. The van der Waals surface area contributed by atoms with Crippen molar-refractivity contribution in [1.29, 1.82) is 0 Å². The number of nitrogens with one attached hydrogen (secondary N) is 1. The van der Waals surface area contributed by atoms with Crippen LogP contribution in [-0.4, -0.2) is 52.2 Å². The number of methoxy groups -OCH3 is 2. The van der Waals surface area contributed by atoms with Crippen molar-refractivity contribution < 1.29 is 14.3 Å². The standard InChI is InChI=1S/C19H21N5O3S/c1-26-12-11-24-18(14-7-9-20-10-8-14)22-23-19(24)28-13-17(25)21-15-5-3-4-6-16(15)27-2/h3-10H,11-13H2,1-2H3,(H,21,25). The molecule has 146 valence electrons. The maximum Gasteiger partial charge on any atom is 0.234 e. The molecule has 2 heterocycles. The van der Waals surface area contributed by atoms with E-state index in [1.54, 1.807) is 38.7 Å². The number of ether oxygens (including phenoxy) is 2. The highest BCUT2D eigenvalue weighted by Gasteiger charge is 2.16. The molecule has 8 nitrogen and oxygen atoms in total. The van der Waals surface area contributed by atoms with E-state index in [1.165, 1.54) is 11.8 Å². The van der Waals surface area contributed by atoms with Crippen LogP contribution < -0.4 is 10.1 Å². The van der Waals surface area contributed by atoms with Crippen LogP contribution in [0.3, 0.4) is 0 Å². The number of rotatable bonds is 9. The highest BCUT2D eigenvalue weighted by Crippen LogP contribution is 2.25. The Morgan fingerprint density at radius 2 is 1.93 bits per heavy atom.